The molecule has 0 saturated heterocycles. The van der Waals surface area contributed by atoms with Gasteiger partial charge in [-0.1, -0.05) is 103 Å². The molecule has 1 aromatic heterocycles. The number of aryl methyl sites for hydroxylation is 1. The Morgan fingerprint density at radius 3 is 1.66 bits per heavy atom. The molecule has 9 rings (SSSR count). The molecule has 3 heterocycles. The highest BCUT2D eigenvalue weighted by atomic mass is 28.3. The van der Waals surface area contributed by atoms with Gasteiger partial charge >= 0.3 is 0 Å². The summed E-state index contributed by atoms with van der Waals surface area (Å²) in [6.07, 6.45) is 1.97. The minimum absolute atomic E-state index is 0.0729. The van der Waals surface area contributed by atoms with E-state index in [2.05, 4.69) is 131 Å². The topological polar surface area (TPSA) is 25.2 Å². The molecule has 0 aliphatic carbocycles. The monoisotopic (exact) mass is 580 g/mol. The molecule has 4 heteroatoms. The Kier molecular flexibility index (Phi) is 5.29. The van der Waals surface area contributed by atoms with Gasteiger partial charge in [0.05, 0.1) is 5.52 Å². The molecular weight excluding hydrogens is 553 g/mol. The molecular formula is C40H28N2OSi. The number of pyridine rings is 1. The number of fused-ring (bicyclic) bond motifs is 10. The minimum Gasteiger partial charge on any atom is -0.316 e. The van der Waals surface area contributed by atoms with Gasteiger partial charge in [0, 0.05) is 39.9 Å². The van der Waals surface area contributed by atoms with E-state index < -0.39 is 8.07 Å². The SMILES string of the molecule is Cc1cn(-c2ccccc2)c2cc(N3c4ccccc4[Si]4(c5ccccc5-c5ccccc54)c4ccccc43)ccc2c1=O. The van der Waals surface area contributed by atoms with E-state index in [1.165, 1.54) is 43.2 Å². The van der Waals surface area contributed by atoms with E-state index in [9.17, 15) is 4.79 Å². The maximum absolute atomic E-state index is 13.4. The third kappa shape index (κ3) is 3.23. The van der Waals surface area contributed by atoms with Crippen molar-refractivity contribution >= 4 is 56.8 Å². The fourth-order valence-electron chi connectivity index (χ4n) is 7.73. The van der Waals surface area contributed by atoms with Gasteiger partial charge < -0.3 is 9.47 Å². The molecule has 1 spiro atoms. The number of anilines is 3. The van der Waals surface area contributed by atoms with Gasteiger partial charge in [-0.25, -0.2) is 0 Å². The lowest BCUT2D eigenvalue weighted by molar-refractivity contribution is 1.08. The van der Waals surface area contributed by atoms with E-state index in [0.717, 1.165) is 27.8 Å². The van der Waals surface area contributed by atoms with Crippen molar-refractivity contribution in [2.75, 3.05) is 4.90 Å². The Balaban J connectivity index is 1.36. The van der Waals surface area contributed by atoms with Crippen LogP contribution in [-0.4, -0.2) is 12.6 Å². The van der Waals surface area contributed by atoms with Gasteiger partial charge in [-0.3, -0.25) is 4.79 Å². The minimum atomic E-state index is -2.61. The van der Waals surface area contributed by atoms with Crippen molar-refractivity contribution in [2.24, 2.45) is 0 Å². The number of rotatable bonds is 2. The predicted octanol–water partition coefficient (Wildman–Crippen LogP) is 6.44. The highest BCUT2D eigenvalue weighted by Crippen LogP contribution is 2.41. The van der Waals surface area contributed by atoms with Gasteiger partial charge in [-0.05, 0) is 81.3 Å². The van der Waals surface area contributed by atoms with Crippen LogP contribution < -0.4 is 31.1 Å². The summed E-state index contributed by atoms with van der Waals surface area (Å²) < 4.78 is 2.15. The van der Waals surface area contributed by atoms with Crippen molar-refractivity contribution in [1.82, 2.24) is 4.57 Å². The molecule has 0 amide bonds. The van der Waals surface area contributed by atoms with Gasteiger partial charge in [0.15, 0.2) is 13.5 Å². The molecule has 0 radical (unpaired) electrons. The molecule has 0 atom stereocenters. The molecule has 0 bridgehead atoms. The Hall–Kier alpha value is -5.45. The molecule has 0 unspecified atom stereocenters. The van der Waals surface area contributed by atoms with Crippen LogP contribution in [0.5, 0.6) is 0 Å². The Morgan fingerprint density at radius 1 is 0.523 bits per heavy atom. The number of hydrogen-bond acceptors (Lipinski definition) is 2. The van der Waals surface area contributed by atoms with Crippen LogP contribution in [0.2, 0.25) is 0 Å². The second kappa shape index (κ2) is 9.27. The van der Waals surface area contributed by atoms with Crippen LogP contribution in [0.1, 0.15) is 5.56 Å². The maximum Gasteiger partial charge on any atom is 0.192 e. The van der Waals surface area contributed by atoms with E-state index in [1.807, 2.05) is 37.4 Å². The lowest BCUT2D eigenvalue weighted by atomic mass is 10.1. The summed E-state index contributed by atoms with van der Waals surface area (Å²) in [5, 5.41) is 6.40. The summed E-state index contributed by atoms with van der Waals surface area (Å²) in [7, 11) is -2.61. The highest BCUT2D eigenvalue weighted by molar-refractivity contribution is 7.23. The van der Waals surface area contributed by atoms with Crippen LogP contribution in [0, 0.1) is 6.92 Å². The zero-order valence-corrected chi connectivity index (χ0v) is 25.2. The number of hydrogen-bond donors (Lipinski definition) is 0. The Labute approximate surface area is 256 Å². The molecule has 0 N–H and O–H groups in total. The van der Waals surface area contributed by atoms with Crippen LogP contribution in [0.15, 0.2) is 157 Å². The molecule has 2 aliphatic heterocycles. The summed E-state index contributed by atoms with van der Waals surface area (Å²) >= 11 is 0. The number of benzene rings is 6. The normalized spacial score (nSPS) is 13.8. The van der Waals surface area contributed by atoms with Crippen LogP contribution >= 0.6 is 0 Å². The number of aromatic nitrogens is 1. The van der Waals surface area contributed by atoms with Crippen molar-refractivity contribution in [3.63, 3.8) is 0 Å². The van der Waals surface area contributed by atoms with Gasteiger partial charge in [0.2, 0.25) is 0 Å². The lowest BCUT2D eigenvalue weighted by Gasteiger charge is -2.43. The molecule has 7 aromatic rings. The first-order chi connectivity index (χ1) is 21.7. The molecule has 0 fully saturated rings. The summed E-state index contributed by atoms with van der Waals surface area (Å²) in [4.78, 5) is 15.8. The number of nitrogens with zero attached hydrogens (tertiary/aromatic N) is 2. The molecule has 208 valence electrons. The quantitative estimate of drug-likeness (QED) is 0.220. The van der Waals surface area contributed by atoms with Crippen molar-refractivity contribution in [2.45, 2.75) is 6.92 Å². The zero-order valence-electron chi connectivity index (χ0n) is 24.2. The van der Waals surface area contributed by atoms with E-state index >= 15 is 0 Å². The Bertz CT molecular complexity index is 2240. The fraction of sp³-hybridized carbons (Fsp3) is 0.0250. The molecule has 2 aliphatic rings. The van der Waals surface area contributed by atoms with Gasteiger partial charge in [-0.2, -0.15) is 0 Å². The maximum atomic E-state index is 13.4. The second-order valence-corrected chi connectivity index (χ2v) is 15.4. The van der Waals surface area contributed by atoms with Crippen LogP contribution in [0.3, 0.4) is 0 Å². The van der Waals surface area contributed by atoms with Crippen molar-refractivity contribution in [1.29, 1.82) is 0 Å². The second-order valence-electron chi connectivity index (χ2n) is 11.8. The Morgan fingerprint density at radius 2 is 1.05 bits per heavy atom. The summed E-state index contributed by atoms with van der Waals surface area (Å²) in [6, 6.07) is 52.6. The van der Waals surface area contributed by atoms with Crippen LogP contribution in [0.4, 0.5) is 17.1 Å². The summed E-state index contributed by atoms with van der Waals surface area (Å²) in [5.41, 5.74) is 8.86. The van der Waals surface area contributed by atoms with Gasteiger partial charge in [0.1, 0.15) is 0 Å². The number of para-hydroxylation sites is 3. The van der Waals surface area contributed by atoms with Crippen molar-refractivity contribution in [3.05, 3.63) is 168 Å². The average Bonchev–Trinajstić information content (AvgIpc) is 3.38. The van der Waals surface area contributed by atoms with Gasteiger partial charge in [0.25, 0.3) is 0 Å². The first-order valence-corrected chi connectivity index (χ1v) is 17.1. The average molecular weight is 581 g/mol. The third-order valence-electron chi connectivity index (χ3n) is 9.51. The predicted molar refractivity (Wildman–Crippen MR) is 185 cm³/mol. The third-order valence-corrected chi connectivity index (χ3v) is 14.5. The first-order valence-electron chi connectivity index (χ1n) is 15.1. The standard InChI is InChI=1S/C40H28N2OSi/c1-27-26-41(28-13-3-2-4-14-28)35-25-29(23-24-32(35)40(27)43)42-33-17-7-11-21-38(33)44(39-22-12-8-18-34(39)42)36-19-9-5-15-30(36)31-16-6-10-20-37(31)44/h2-26H,1H3. The summed E-state index contributed by atoms with van der Waals surface area (Å²) in [5.74, 6) is 0. The lowest BCUT2D eigenvalue weighted by Crippen LogP contribution is -2.75. The van der Waals surface area contributed by atoms with Crippen LogP contribution in [-0.2, 0) is 0 Å². The van der Waals surface area contributed by atoms with Crippen LogP contribution in [0.25, 0.3) is 27.7 Å². The first kappa shape index (κ1) is 25.1. The van der Waals surface area contributed by atoms with E-state index in [1.54, 1.807) is 0 Å². The highest BCUT2D eigenvalue weighted by Gasteiger charge is 2.53. The largest absolute Gasteiger partial charge is 0.316 e. The molecule has 3 nitrogen and oxygen atoms in total. The van der Waals surface area contributed by atoms with E-state index in [-0.39, 0.29) is 5.43 Å². The van der Waals surface area contributed by atoms with E-state index in [4.69, 9.17) is 0 Å². The van der Waals surface area contributed by atoms with Gasteiger partial charge in [-0.15, -0.1) is 0 Å². The smallest absolute Gasteiger partial charge is 0.192 e. The molecule has 0 saturated carbocycles. The molecule has 44 heavy (non-hydrogen) atoms. The molecule has 6 aromatic carbocycles. The van der Waals surface area contributed by atoms with Crippen molar-refractivity contribution < 1.29 is 0 Å². The zero-order chi connectivity index (χ0) is 29.4. The fourth-order valence-corrected chi connectivity index (χ4v) is 13.3. The summed E-state index contributed by atoms with van der Waals surface area (Å²) in [6.45, 7) is 1.90. The van der Waals surface area contributed by atoms with Crippen molar-refractivity contribution in [3.8, 4) is 16.8 Å². The van der Waals surface area contributed by atoms with E-state index in [0.29, 0.717) is 0 Å².